The van der Waals surface area contributed by atoms with E-state index in [-0.39, 0.29) is 0 Å². The Kier molecular flexibility index (Phi) is 4.26. The molecule has 0 aliphatic heterocycles. The number of rotatable bonds is 4. The van der Waals surface area contributed by atoms with Gasteiger partial charge in [-0.3, -0.25) is 0 Å². The van der Waals surface area contributed by atoms with Gasteiger partial charge in [-0.2, -0.15) is 0 Å². The van der Waals surface area contributed by atoms with Gasteiger partial charge in [0, 0.05) is 5.56 Å². The third-order valence-electron chi connectivity index (χ3n) is 3.75. The van der Waals surface area contributed by atoms with Crippen LogP contribution in [0, 0.1) is 0 Å². The standard InChI is InChI=1S/C18H22O/c1-4-13-10-11-14(5-2)17(12-13)16-9-7-8-15(6-3)18(16)19/h7-12,19H,4-6H2,1-3H3. The largest absolute Gasteiger partial charge is 0.507 e. The molecule has 0 amide bonds. The zero-order valence-corrected chi connectivity index (χ0v) is 12.0. The van der Waals surface area contributed by atoms with Crippen molar-refractivity contribution >= 4 is 0 Å². The zero-order valence-electron chi connectivity index (χ0n) is 12.0. The maximum Gasteiger partial charge on any atom is 0.126 e. The third-order valence-corrected chi connectivity index (χ3v) is 3.75. The Morgan fingerprint density at radius 1 is 0.789 bits per heavy atom. The van der Waals surface area contributed by atoms with Crippen LogP contribution in [0.1, 0.15) is 37.5 Å². The number of phenolic OH excluding ortho intramolecular Hbond substituents is 1. The highest BCUT2D eigenvalue weighted by Gasteiger charge is 2.11. The molecule has 0 heterocycles. The van der Waals surface area contributed by atoms with Crippen molar-refractivity contribution in [3.8, 4) is 16.9 Å². The van der Waals surface area contributed by atoms with Crippen LogP contribution < -0.4 is 0 Å². The monoisotopic (exact) mass is 254 g/mol. The molecule has 0 spiro atoms. The van der Waals surface area contributed by atoms with Gasteiger partial charge in [-0.05, 0) is 41.5 Å². The lowest BCUT2D eigenvalue weighted by molar-refractivity contribution is 0.471. The summed E-state index contributed by atoms with van der Waals surface area (Å²) in [4.78, 5) is 0. The minimum Gasteiger partial charge on any atom is -0.507 e. The average molecular weight is 254 g/mol. The molecule has 0 radical (unpaired) electrons. The summed E-state index contributed by atoms with van der Waals surface area (Å²) in [5.41, 5.74) is 5.76. The van der Waals surface area contributed by atoms with Crippen molar-refractivity contribution in [3.05, 3.63) is 53.1 Å². The van der Waals surface area contributed by atoms with E-state index in [4.69, 9.17) is 0 Å². The van der Waals surface area contributed by atoms with Crippen LogP contribution in [0.2, 0.25) is 0 Å². The van der Waals surface area contributed by atoms with Crippen LogP contribution >= 0.6 is 0 Å². The quantitative estimate of drug-likeness (QED) is 0.835. The van der Waals surface area contributed by atoms with Crippen LogP contribution in [-0.2, 0) is 19.3 Å². The molecule has 0 atom stereocenters. The van der Waals surface area contributed by atoms with Crippen molar-refractivity contribution in [3.63, 3.8) is 0 Å². The second-order valence-electron chi connectivity index (χ2n) is 4.87. The molecule has 2 aromatic rings. The van der Waals surface area contributed by atoms with Crippen LogP contribution in [0.25, 0.3) is 11.1 Å². The minimum absolute atomic E-state index is 0.438. The van der Waals surface area contributed by atoms with Gasteiger partial charge in [0.15, 0.2) is 0 Å². The molecule has 0 bridgehead atoms. The Hall–Kier alpha value is -1.76. The van der Waals surface area contributed by atoms with E-state index >= 15 is 0 Å². The molecule has 19 heavy (non-hydrogen) atoms. The van der Waals surface area contributed by atoms with Crippen molar-refractivity contribution in [1.29, 1.82) is 0 Å². The summed E-state index contributed by atoms with van der Waals surface area (Å²) in [6.07, 6.45) is 2.86. The second kappa shape index (κ2) is 5.92. The summed E-state index contributed by atoms with van der Waals surface area (Å²) in [5.74, 6) is 0.438. The molecule has 1 heteroatoms. The first-order chi connectivity index (χ1) is 9.21. The first kappa shape index (κ1) is 13.7. The highest BCUT2D eigenvalue weighted by molar-refractivity contribution is 5.75. The van der Waals surface area contributed by atoms with Gasteiger partial charge in [-0.1, -0.05) is 57.2 Å². The summed E-state index contributed by atoms with van der Waals surface area (Å²) < 4.78 is 0. The van der Waals surface area contributed by atoms with Crippen LogP contribution in [-0.4, -0.2) is 5.11 Å². The van der Waals surface area contributed by atoms with Crippen molar-refractivity contribution in [2.24, 2.45) is 0 Å². The fourth-order valence-corrected chi connectivity index (χ4v) is 2.50. The Morgan fingerprint density at radius 3 is 2.16 bits per heavy atom. The third kappa shape index (κ3) is 2.65. The van der Waals surface area contributed by atoms with Gasteiger partial charge in [0.25, 0.3) is 0 Å². The van der Waals surface area contributed by atoms with E-state index in [0.717, 1.165) is 30.4 Å². The molecule has 0 aliphatic carbocycles. The molecule has 0 aromatic heterocycles. The maximum atomic E-state index is 10.4. The van der Waals surface area contributed by atoms with E-state index < -0.39 is 0 Å². The van der Waals surface area contributed by atoms with Crippen molar-refractivity contribution in [1.82, 2.24) is 0 Å². The van der Waals surface area contributed by atoms with E-state index in [1.54, 1.807) is 0 Å². The number of aromatic hydroxyl groups is 1. The number of para-hydroxylation sites is 1. The Labute approximate surface area is 115 Å². The van der Waals surface area contributed by atoms with E-state index in [1.165, 1.54) is 16.7 Å². The van der Waals surface area contributed by atoms with Crippen LogP contribution in [0.5, 0.6) is 5.75 Å². The van der Waals surface area contributed by atoms with E-state index in [2.05, 4.69) is 39.0 Å². The van der Waals surface area contributed by atoms with Gasteiger partial charge in [-0.15, -0.1) is 0 Å². The number of hydrogen-bond donors (Lipinski definition) is 1. The molecule has 0 fully saturated rings. The summed E-state index contributed by atoms with van der Waals surface area (Å²) in [7, 11) is 0. The van der Waals surface area contributed by atoms with E-state index in [9.17, 15) is 5.11 Å². The molecule has 1 N–H and O–H groups in total. The summed E-state index contributed by atoms with van der Waals surface area (Å²) in [5, 5.41) is 10.4. The summed E-state index contributed by atoms with van der Waals surface area (Å²) in [6.45, 7) is 6.39. The molecule has 2 rings (SSSR count). The predicted molar refractivity (Wildman–Crippen MR) is 81.7 cm³/mol. The lowest BCUT2D eigenvalue weighted by Gasteiger charge is -2.13. The molecular formula is C18H22O. The fourth-order valence-electron chi connectivity index (χ4n) is 2.50. The maximum absolute atomic E-state index is 10.4. The summed E-state index contributed by atoms with van der Waals surface area (Å²) >= 11 is 0. The number of aryl methyl sites for hydroxylation is 3. The van der Waals surface area contributed by atoms with E-state index in [1.807, 2.05) is 18.2 Å². The second-order valence-corrected chi connectivity index (χ2v) is 4.87. The highest BCUT2D eigenvalue weighted by atomic mass is 16.3. The molecule has 0 saturated heterocycles. The van der Waals surface area contributed by atoms with Gasteiger partial charge >= 0.3 is 0 Å². The van der Waals surface area contributed by atoms with Crippen molar-refractivity contribution < 1.29 is 5.11 Å². The minimum atomic E-state index is 0.438. The lowest BCUT2D eigenvalue weighted by Crippen LogP contribution is -1.93. The topological polar surface area (TPSA) is 20.2 Å². The molecule has 0 unspecified atom stereocenters. The Bertz CT molecular complexity index is 570. The van der Waals surface area contributed by atoms with Gasteiger partial charge in [0.05, 0.1) is 0 Å². The van der Waals surface area contributed by atoms with Gasteiger partial charge in [-0.25, -0.2) is 0 Å². The first-order valence-electron chi connectivity index (χ1n) is 7.14. The Morgan fingerprint density at radius 2 is 1.53 bits per heavy atom. The average Bonchev–Trinajstić information content (AvgIpc) is 2.47. The van der Waals surface area contributed by atoms with Crippen molar-refractivity contribution in [2.45, 2.75) is 40.0 Å². The molecule has 100 valence electrons. The number of phenols is 1. The smallest absolute Gasteiger partial charge is 0.126 e. The molecular weight excluding hydrogens is 232 g/mol. The molecule has 2 aromatic carbocycles. The number of hydrogen-bond acceptors (Lipinski definition) is 1. The SMILES string of the molecule is CCc1ccc(CC)c(-c2cccc(CC)c2O)c1. The fraction of sp³-hybridized carbons (Fsp3) is 0.333. The molecule has 0 saturated carbocycles. The van der Waals surface area contributed by atoms with Crippen LogP contribution in [0.15, 0.2) is 36.4 Å². The Balaban J connectivity index is 2.63. The number of benzene rings is 2. The van der Waals surface area contributed by atoms with Gasteiger partial charge in [0.2, 0.25) is 0 Å². The van der Waals surface area contributed by atoms with Crippen molar-refractivity contribution in [2.75, 3.05) is 0 Å². The zero-order chi connectivity index (χ0) is 13.8. The lowest BCUT2D eigenvalue weighted by atomic mass is 9.93. The van der Waals surface area contributed by atoms with Crippen LogP contribution in [0.3, 0.4) is 0 Å². The first-order valence-corrected chi connectivity index (χ1v) is 7.14. The van der Waals surface area contributed by atoms with E-state index in [0.29, 0.717) is 5.75 Å². The molecule has 0 aliphatic rings. The molecule has 1 nitrogen and oxygen atoms in total. The normalized spacial score (nSPS) is 10.7. The highest BCUT2D eigenvalue weighted by Crippen LogP contribution is 2.35. The van der Waals surface area contributed by atoms with Gasteiger partial charge in [0.1, 0.15) is 5.75 Å². The van der Waals surface area contributed by atoms with Gasteiger partial charge < -0.3 is 5.11 Å². The van der Waals surface area contributed by atoms with Crippen LogP contribution in [0.4, 0.5) is 0 Å². The summed E-state index contributed by atoms with van der Waals surface area (Å²) in [6, 6.07) is 12.6. The predicted octanol–water partition coefficient (Wildman–Crippen LogP) is 4.75.